The van der Waals surface area contributed by atoms with Gasteiger partial charge in [-0.25, -0.2) is 4.98 Å². The smallest absolute Gasteiger partial charge is 0.226 e. The van der Waals surface area contributed by atoms with Gasteiger partial charge < -0.3 is 4.42 Å². The molecule has 0 bridgehead atoms. The normalized spacial score (nSPS) is 12.9. The van der Waals surface area contributed by atoms with Crippen molar-refractivity contribution in [3.63, 3.8) is 0 Å². The van der Waals surface area contributed by atoms with E-state index in [1.807, 2.05) is 18.2 Å². The molecule has 2 aromatic rings. The second kappa shape index (κ2) is 6.03. The molecule has 2 nitrogen and oxygen atoms in total. The lowest BCUT2D eigenvalue weighted by Gasteiger charge is -2.36. The Morgan fingerprint density at radius 2 is 1.68 bits per heavy atom. The fourth-order valence-corrected chi connectivity index (χ4v) is 3.90. The minimum atomic E-state index is -1.44. The van der Waals surface area contributed by atoms with E-state index in [9.17, 15) is 0 Å². The van der Waals surface area contributed by atoms with Crippen LogP contribution in [-0.4, -0.2) is 13.1 Å². The number of hydrogen-bond donors (Lipinski definition) is 0. The predicted molar refractivity (Wildman–Crippen MR) is 96.9 cm³/mol. The monoisotopic (exact) mass is 315 g/mol. The van der Waals surface area contributed by atoms with Crippen LogP contribution in [0.5, 0.6) is 0 Å². The van der Waals surface area contributed by atoms with E-state index >= 15 is 0 Å². The van der Waals surface area contributed by atoms with Crippen molar-refractivity contribution in [3.05, 3.63) is 41.8 Å². The Morgan fingerprint density at radius 1 is 1.09 bits per heavy atom. The van der Waals surface area contributed by atoms with Gasteiger partial charge in [0.05, 0.1) is 13.8 Å². The third kappa shape index (κ3) is 3.51. The molecule has 0 aliphatic carbocycles. The van der Waals surface area contributed by atoms with Crippen LogP contribution in [0.2, 0.25) is 18.1 Å². The van der Waals surface area contributed by atoms with Crippen LogP contribution in [0.25, 0.3) is 11.5 Å². The van der Waals surface area contributed by atoms with Crippen LogP contribution >= 0.6 is 0 Å². The summed E-state index contributed by atoms with van der Waals surface area (Å²) in [6, 6.07) is 11.2. The van der Waals surface area contributed by atoms with Crippen molar-refractivity contribution in [2.75, 3.05) is 0 Å². The summed E-state index contributed by atoms with van der Waals surface area (Å²) in [6.07, 6.45) is 0. The van der Waals surface area contributed by atoms with E-state index in [0.29, 0.717) is 11.0 Å². The topological polar surface area (TPSA) is 26.0 Å². The third-order valence-electron chi connectivity index (χ3n) is 4.93. The van der Waals surface area contributed by atoms with E-state index in [1.54, 1.807) is 0 Å². The van der Waals surface area contributed by atoms with Crippen LogP contribution in [-0.2, 0) is 6.04 Å². The molecule has 0 fully saturated rings. The van der Waals surface area contributed by atoms with Crippen molar-refractivity contribution in [1.29, 1.82) is 0 Å². The van der Waals surface area contributed by atoms with Crippen molar-refractivity contribution >= 4 is 8.07 Å². The molecule has 1 heterocycles. The number of benzene rings is 1. The summed E-state index contributed by atoms with van der Waals surface area (Å²) in [5, 5.41) is 0.348. The minimum Gasteiger partial charge on any atom is -0.441 e. The van der Waals surface area contributed by atoms with Crippen molar-refractivity contribution in [3.8, 4) is 11.5 Å². The highest BCUT2D eigenvalue weighted by Crippen LogP contribution is 2.39. The molecule has 2 rings (SSSR count). The summed E-state index contributed by atoms with van der Waals surface area (Å²) >= 11 is 0. The molecule has 3 heteroatoms. The van der Waals surface area contributed by atoms with Gasteiger partial charge in [-0.05, 0) is 23.1 Å². The SMILES string of the molecule is CC(C)c1nc(-c2ccccc2)oc1C[Si](C)(C)C(C)(C)C. The van der Waals surface area contributed by atoms with Crippen molar-refractivity contribution in [2.24, 2.45) is 0 Å². The Hall–Kier alpha value is -1.35. The number of aromatic nitrogens is 1. The van der Waals surface area contributed by atoms with Crippen LogP contribution in [0, 0.1) is 0 Å². The Bertz CT molecular complexity index is 621. The van der Waals surface area contributed by atoms with Gasteiger partial charge in [-0.3, -0.25) is 0 Å². The summed E-state index contributed by atoms with van der Waals surface area (Å²) in [4.78, 5) is 4.80. The van der Waals surface area contributed by atoms with Gasteiger partial charge in [-0.2, -0.15) is 0 Å². The molecule has 0 atom stereocenters. The zero-order valence-corrected chi connectivity index (χ0v) is 16.0. The summed E-state index contributed by atoms with van der Waals surface area (Å²) in [6.45, 7) is 16.3. The van der Waals surface area contributed by atoms with Gasteiger partial charge >= 0.3 is 0 Å². The van der Waals surface area contributed by atoms with Gasteiger partial charge in [0.2, 0.25) is 5.89 Å². The number of hydrogen-bond acceptors (Lipinski definition) is 2. The van der Waals surface area contributed by atoms with Crippen LogP contribution in [0.3, 0.4) is 0 Å². The van der Waals surface area contributed by atoms with E-state index in [-0.39, 0.29) is 0 Å². The molecule has 0 aliphatic rings. The fourth-order valence-electron chi connectivity index (χ4n) is 2.31. The van der Waals surface area contributed by atoms with Gasteiger partial charge in [0, 0.05) is 11.6 Å². The molecule has 0 amide bonds. The third-order valence-corrected chi connectivity index (χ3v) is 10.2. The Balaban J connectivity index is 2.41. The summed E-state index contributed by atoms with van der Waals surface area (Å²) in [5.74, 6) is 2.25. The lowest BCUT2D eigenvalue weighted by molar-refractivity contribution is 0.525. The van der Waals surface area contributed by atoms with Gasteiger partial charge in [-0.15, -0.1) is 0 Å². The minimum absolute atomic E-state index is 0.348. The molecule has 0 radical (unpaired) electrons. The van der Waals surface area contributed by atoms with Crippen molar-refractivity contribution < 1.29 is 4.42 Å². The highest BCUT2D eigenvalue weighted by molar-refractivity contribution is 6.79. The molecule has 0 spiro atoms. The lowest BCUT2D eigenvalue weighted by Crippen LogP contribution is -2.40. The standard InChI is InChI=1S/C19H29NOSi/c1-14(2)17-16(13-22(6,7)19(3,4)5)21-18(20-17)15-11-9-8-10-12-15/h8-12,14H,13H2,1-7H3. The van der Waals surface area contributed by atoms with E-state index in [4.69, 9.17) is 9.40 Å². The largest absolute Gasteiger partial charge is 0.441 e. The molecule has 0 saturated carbocycles. The maximum atomic E-state index is 6.22. The van der Waals surface area contributed by atoms with Gasteiger partial charge in [0.15, 0.2) is 0 Å². The molecule has 0 aliphatic heterocycles. The van der Waals surface area contributed by atoms with E-state index < -0.39 is 8.07 Å². The summed E-state index contributed by atoms with van der Waals surface area (Å²) in [7, 11) is -1.44. The second-order valence-corrected chi connectivity index (χ2v) is 13.8. The zero-order chi connectivity index (χ0) is 16.5. The maximum absolute atomic E-state index is 6.22. The quantitative estimate of drug-likeness (QED) is 0.641. The number of nitrogens with zero attached hydrogens (tertiary/aromatic N) is 1. The van der Waals surface area contributed by atoms with E-state index in [0.717, 1.165) is 29.0 Å². The summed E-state index contributed by atoms with van der Waals surface area (Å²) in [5.41, 5.74) is 2.19. The first-order valence-corrected chi connectivity index (χ1v) is 11.4. The predicted octanol–water partition coefficient (Wildman–Crippen LogP) is 6.06. The number of oxazole rings is 1. The Morgan fingerprint density at radius 3 is 2.18 bits per heavy atom. The van der Waals surface area contributed by atoms with Crippen LogP contribution < -0.4 is 0 Å². The van der Waals surface area contributed by atoms with Crippen LogP contribution in [0.15, 0.2) is 34.7 Å². The van der Waals surface area contributed by atoms with Crippen LogP contribution in [0.4, 0.5) is 0 Å². The maximum Gasteiger partial charge on any atom is 0.226 e. The molecule has 0 unspecified atom stereocenters. The fraction of sp³-hybridized carbons (Fsp3) is 0.526. The average Bonchev–Trinajstić information content (AvgIpc) is 2.82. The van der Waals surface area contributed by atoms with E-state index in [2.05, 4.69) is 59.8 Å². The summed E-state index contributed by atoms with van der Waals surface area (Å²) < 4.78 is 6.22. The van der Waals surface area contributed by atoms with Crippen LogP contribution in [0.1, 0.15) is 52.0 Å². The molecular weight excluding hydrogens is 286 g/mol. The molecule has 1 aromatic carbocycles. The van der Waals surface area contributed by atoms with Gasteiger partial charge in [-0.1, -0.05) is 65.9 Å². The first kappa shape index (κ1) is 17.0. The Labute approximate surface area is 136 Å². The zero-order valence-electron chi connectivity index (χ0n) is 15.0. The number of rotatable bonds is 4. The van der Waals surface area contributed by atoms with Crippen molar-refractivity contribution in [2.45, 2.75) is 64.7 Å². The molecule has 120 valence electrons. The van der Waals surface area contributed by atoms with E-state index in [1.165, 1.54) is 0 Å². The van der Waals surface area contributed by atoms with Gasteiger partial charge in [0.1, 0.15) is 5.76 Å². The Kier molecular flexibility index (Phi) is 4.66. The molecule has 0 N–H and O–H groups in total. The lowest BCUT2D eigenvalue weighted by atomic mass is 10.1. The first-order chi connectivity index (χ1) is 10.1. The second-order valence-electron chi connectivity index (χ2n) is 8.16. The average molecular weight is 316 g/mol. The molecule has 1 aromatic heterocycles. The van der Waals surface area contributed by atoms with Gasteiger partial charge in [0.25, 0.3) is 0 Å². The molecule has 22 heavy (non-hydrogen) atoms. The molecular formula is C19H29NOSi. The molecule has 0 saturated heterocycles. The van der Waals surface area contributed by atoms with Crippen molar-refractivity contribution in [1.82, 2.24) is 4.98 Å². The highest BCUT2D eigenvalue weighted by atomic mass is 28.3. The highest BCUT2D eigenvalue weighted by Gasteiger charge is 2.37. The first-order valence-electron chi connectivity index (χ1n) is 8.17.